The van der Waals surface area contributed by atoms with Crippen molar-refractivity contribution in [2.45, 2.75) is 11.1 Å². The van der Waals surface area contributed by atoms with Crippen molar-refractivity contribution < 1.29 is 31.5 Å². The predicted octanol–water partition coefficient (Wildman–Crippen LogP) is 4.75. The first kappa shape index (κ1) is 21.4. The fraction of sp³-hybridized carbons (Fsp3) is 0.0476. The molecule has 0 fully saturated rings. The van der Waals surface area contributed by atoms with E-state index in [1.54, 1.807) is 6.07 Å². The predicted molar refractivity (Wildman–Crippen MR) is 111 cm³/mol. The Balaban J connectivity index is 1.56. The van der Waals surface area contributed by atoms with E-state index in [0.717, 1.165) is 24.3 Å². The summed E-state index contributed by atoms with van der Waals surface area (Å²) in [5, 5.41) is 9.08. The molecule has 3 N–H and O–H groups in total. The van der Waals surface area contributed by atoms with Gasteiger partial charge in [-0.3, -0.25) is 4.72 Å². The Labute approximate surface area is 179 Å². The normalized spacial score (nSPS) is 12.1. The standard InChI is InChI=1S/C21H14F3N3O4S/c22-21(23,24)14-4-6-15(7-5-14)27-32(30,31)16-8-1-12(2-9-16)19-25-17-10-3-13(20(28)29)11-18(17)26-19/h1-11,27H,(H,25,26)(H,28,29). The highest BCUT2D eigenvalue weighted by Gasteiger charge is 2.30. The van der Waals surface area contributed by atoms with E-state index in [-0.39, 0.29) is 16.1 Å². The van der Waals surface area contributed by atoms with Crippen molar-refractivity contribution in [2.24, 2.45) is 0 Å². The fourth-order valence-electron chi connectivity index (χ4n) is 3.01. The molecule has 0 radical (unpaired) electrons. The number of imidazole rings is 1. The van der Waals surface area contributed by atoms with Gasteiger partial charge in [0.25, 0.3) is 10.0 Å². The van der Waals surface area contributed by atoms with Crippen molar-refractivity contribution in [3.63, 3.8) is 0 Å². The van der Waals surface area contributed by atoms with Gasteiger partial charge in [0.05, 0.1) is 27.1 Å². The third-order valence-electron chi connectivity index (χ3n) is 4.63. The molecule has 1 heterocycles. The highest BCUT2D eigenvalue weighted by molar-refractivity contribution is 7.92. The second-order valence-corrected chi connectivity index (χ2v) is 8.51. The van der Waals surface area contributed by atoms with Crippen LogP contribution in [0.25, 0.3) is 22.4 Å². The van der Waals surface area contributed by atoms with Gasteiger partial charge in [-0.15, -0.1) is 0 Å². The van der Waals surface area contributed by atoms with E-state index in [4.69, 9.17) is 5.11 Å². The Bertz CT molecular complexity index is 1410. The maximum Gasteiger partial charge on any atom is 0.416 e. The molecule has 1 aromatic heterocycles. The summed E-state index contributed by atoms with van der Waals surface area (Å²) < 4.78 is 65.3. The molecule has 4 aromatic rings. The summed E-state index contributed by atoms with van der Waals surface area (Å²) in [6.07, 6.45) is -4.51. The van der Waals surface area contributed by atoms with E-state index in [1.165, 1.54) is 36.4 Å². The number of anilines is 1. The van der Waals surface area contributed by atoms with Gasteiger partial charge < -0.3 is 10.1 Å². The van der Waals surface area contributed by atoms with E-state index in [1.807, 2.05) is 0 Å². The van der Waals surface area contributed by atoms with Gasteiger partial charge >= 0.3 is 12.1 Å². The number of carboxylic acid groups (broad SMARTS) is 1. The molecule has 0 aliphatic carbocycles. The zero-order valence-corrected chi connectivity index (χ0v) is 16.8. The third-order valence-corrected chi connectivity index (χ3v) is 6.03. The Morgan fingerprint density at radius 3 is 2.22 bits per heavy atom. The lowest BCUT2D eigenvalue weighted by atomic mass is 10.2. The van der Waals surface area contributed by atoms with Gasteiger partial charge in [0.2, 0.25) is 0 Å². The summed E-state index contributed by atoms with van der Waals surface area (Å²) in [6.45, 7) is 0. The first-order chi connectivity index (χ1) is 15.0. The third kappa shape index (κ3) is 4.28. The number of aromatic nitrogens is 2. The lowest BCUT2D eigenvalue weighted by Crippen LogP contribution is -2.13. The van der Waals surface area contributed by atoms with Crippen LogP contribution in [0.5, 0.6) is 0 Å². The van der Waals surface area contributed by atoms with Crippen molar-refractivity contribution in [3.8, 4) is 11.4 Å². The molecule has 0 saturated carbocycles. The van der Waals surface area contributed by atoms with Gasteiger partial charge in [0, 0.05) is 11.3 Å². The number of H-pyrrole nitrogens is 1. The Morgan fingerprint density at radius 1 is 0.969 bits per heavy atom. The number of aromatic amines is 1. The molecule has 0 unspecified atom stereocenters. The number of rotatable bonds is 5. The SMILES string of the molecule is O=C(O)c1ccc2[nH]c(-c3ccc(S(=O)(=O)Nc4ccc(C(F)(F)F)cc4)cc3)nc2c1. The lowest BCUT2D eigenvalue weighted by Gasteiger charge is -2.10. The Morgan fingerprint density at radius 2 is 1.62 bits per heavy atom. The van der Waals surface area contributed by atoms with Crippen LogP contribution in [0.3, 0.4) is 0 Å². The van der Waals surface area contributed by atoms with Crippen LogP contribution >= 0.6 is 0 Å². The number of sulfonamides is 1. The Kier molecular flexibility index (Phi) is 5.13. The molecule has 11 heteroatoms. The minimum atomic E-state index is -4.51. The molecule has 7 nitrogen and oxygen atoms in total. The number of halogens is 3. The number of nitrogens with zero attached hydrogens (tertiary/aromatic N) is 1. The quantitative estimate of drug-likeness (QED) is 0.397. The molecule has 0 amide bonds. The smallest absolute Gasteiger partial charge is 0.416 e. The Hall–Kier alpha value is -3.86. The number of benzene rings is 3. The molecule has 32 heavy (non-hydrogen) atoms. The van der Waals surface area contributed by atoms with E-state index in [0.29, 0.717) is 22.4 Å². The largest absolute Gasteiger partial charge is 0.478 e. The number of carbonyl (C=O) groups is 1. The van der Waals surface area contributed by atoms with Crippen molar-refractivity contribution >= 4 is 32.7 Å². The van der Waals surface area contributed by atoms with Gasteiger partial charge in [0.15, 0.2) is 0 Å². The van der Waals surface area contributed by atoms with Gasteiger partial charge in [0.1, 0.15) is 5.82 Å². The van der Waals surface area contributed by atoms with Crippen LogP contribution in [0.15, 0.2) is 71.6 Å². The molecule has 0 saturated heterocycles. The molecule has 0 atom stereocenters. The first-order valence-electron chi connectivity index (χ1n) is 9.06. The minimum absolute atomic E-state index is 0.00593. The molecule has 0 aliphatic heterocycles. The minimum Gasteiger partial charge on any atom is -0.478 e. The van der Waals surface area contributed by atoms with Crippen LogP contribution in [0, 0.1) is 0 Å². The number of aromatic carboxylic acids is 1. The zero-order chi connectivity index (χ0) is 23.1. The highest BCUT2D eigenvalue weighted by atomic mass is 32.2. The number of nitrogens with one attached hydrogen (secondary N) is 2. The van der Waals surface area contributed by atoms with Gasteiger partial charge in [-0.2, -0.15) is 13.2 Å². The van der Waals surface area contributed by atoms with Crippen LogP contribution in [0.4, 0.5) is 18.9 Å². The molecule has 0 aliphatic rings. The summed E-state index contributed by atoms with van der Waals surface area (Å²) in [5.41, 5.74) is 0.823. The molecular weight excluding hydrogens is 447 g/mol. The molecule has 0 bridgehead atoms. The number of alkyl halides is 3. The first-order valence-corrected chi connectivity index (χ1v) is 10.5. The van der Waals surface area contributed by atoms with Crippen molar-refractivity contribution in [1.29, 1.82) is 0 Å². The van der Waals surface area contributed by atoms with Crippen molar-refractivity contribution in [2.75, 3.05) is 4.72 Å². The second kappa shape index (κ2) is 7.68. The van der Waals surface area contributed by atoms with Gasteiger partial charge in [-0.25, -0.2) is 18.2 Å². The molecular formula is C21H14F3N3O4S. The zero-order valence-electron chi connectivity index (χ0n) is 16.0. The van der Waals surface area contributed by atoms with E-state index in [2.05, 4.69) is 14.7 Å². The number of hydrogen-bond donors (Lipinski definition) is 3. The average Bonchev–Trinajstić information content (AvgIpc) is 3.16. The lowest BCUT2D eigenvalue weighted by molar-refractivity contribution is -0.137. The summed E-state index contributed by atoms with van der Waals surface area (Å²) in [6, 6.07) is 13.8. The molecule has 4 rings (SSSR count). The maximum absolute atomic E-state index is 12.7. The van der Waals surface area contributed by atoms with E-state index >= 15 is 0 Å². The topological polar surface area (TPSA) is 112 Å². The summed E-state index contributed by atoms with van der Waals surface area (Å²) in [4.78, 5) is 18.4. The van der Waals surface area contributed by atoms with Crippen LogP contribution in [0.2, 0.25) is 0 Å². The van der Waals surface area contributed by atoms with Crippen molar-refractivity contribution in [1.82, 2.24) is 9.97 Å². The molecule has 164 valence electrons. The number of fused-ring (bicyclic) bond motifs is 1. The highest BCUT2D eigenvalue weighted by Crippen LogP contribution is 2.30. The number of hydrogen-bond acceptors (Lipinski definition) is 4. The number of carboxylic acids is 1. The maximum atomic E-state index is 12.7. The van der Waals surface area contributed by atoms with Crippen LogP contribution < -0.4 is 4.72 Å². The fourth-order valence-corrected chi connectivity index (χ4v) is 4.07. The summed E-state index contributed by atoms with van der Waals surface area (Å²) in [7, 11) is -4.03. The van der Waals surface area contributed by atoms with Crippen LogP contribution in [0.1, 0.15) is 15.9 Å². The van der Waals surface area contributed by atoms with E-state index in [9.17, 15) is 26.4 Å². The second-order valence-electron chi connectivity index (χ2n) is 6.83. The van der Waals surface area contributed by atoms with Crippen LogP contribution in [-0.4, -0.2) is 29.5 Å². The van der Waals surface area contributed by atoms with Crippen molar-refractivity contribution in [3.05, 3.63) is 77.9 Å². The van der Waals surface area contributed by atoms with Gasteiger partial charge in [-0.05, 0) is 66.7 Å². The summed E-state index contributed by atoms with van der Waals surface area (Å²) >= 11 is 0. The van der Waals surface area contributed by atoms with E-state index < -0.39 is 27.7 Å². The average molecular weight is 461 g/mol. The van der Waals surface area contributed by atoms with Gasteiger partial charge in [-0.1, -0.05) is 0 Å². The molecule has 0 spiro atoms. The summed E-state index contributed by atoms with van der Waals surface area (Å²) in [5.74, 6) is -0.659. The molecule has 3 aromatic carbocycles. The van der Waals surface area contributed by atoms with Crippen LogP contribution in [-0.2, 0) is 16.2 Å². The monoisotopic (exact) mass is 461 g/mol.